The third-order valence-corrected chi connectivity index (χ3v) is 7.70. The van der Waals surface area contributed by atoms with Crippen LogP contribution in [0.2, 0.25) is 0 Å². The van der Waals surface area contributed by atoms with Gasteiger partial charge in [-0.05, 0) is 43.0 Å². The second-order valence-electron chi connectivity index (χ2n) is 10.2. The molecule has 2 saturated heterocycles. The summed E-state index contributed by atoms with van der Waals surface area (Å²) in [5, 5.41) is 48.1. The summed E-state index contributed by atoms with van der Waals surface area (Å²) in [4.78, 5) is 20.4. The van der Waals surface area contributed by atoms with Crippen molar-refractivity contribution in [1.82, 2.24) is 14.5 Å². The van der Waals surface area contributed by atoms with E-state index in [1.165, 1.54) is 12.1 Å². The number of aliphatic hydroxyl groups excluding tert-OH is 1. The van der Waals surface area contributed by atoms with E-state index < -0.39 is 29.4 Å². The highest BCUT2D eigenvalue weighted by Crippen LogP contribution is 2.50. The van der Waals surface area contributed by atoms with Gasteiger partial charge in [0, 0.05) is 29.9 Å². The minimum absolute atomic E-state index is 0.0650. The number of aromatic nitrogens is 2. The molecule has 3 aliphatic heterocycles. The van der Waals surface area contributed by atoms with Crippen LogP contribution in [0.3, 0.4) is 0 Å². The van der Waals surface area contributed by atoms with Crippen molar-refractivity contribution < 1.29 is 34.7 Å². The summed E-state index contributed by atoms with van der Waals surface area (Å²) in [5.41, 5.74) is 0.106. The lowest BCUT2D eigenvalue weighted by Gasteiger charge is -2.38. The number of hydrogen-bond donors (Lipinski definition) is 5. The van der Waals surface area contributed by atoms with Gasteiger partial charge in [-0.15, -0.1) is 0 Å². The largest absolute Gasteiger partial charge is 0.377 e. The summed E-state index contributed by atoms with van der Waals surface area (Å²) in [6, 6.07) is 9.12. The third-order valence-electron chi connectivity index (χ3n) is 7.70. The van der Waals surface area contributed by atoms with Gasteiger partial charge >= 0.3 is 11.8 Å². The quantitative estimate of drug-likeness (QED) is 0.225. The second kappa shape index (κ2) is 9.35. The van der Waals surface area contributed by atoms with Crippen molar-refractivity contribution in [3.05, 3.63) is 63.8 Å². The molecule has 11 nitrogen and oxygen atoms in total. The molecule has 2 aromatic carbocycles. The van der Waals surface area contributed by atoms with E-state index in [2.05, 4.69) is 16.8 Å². The highest BCUT2D eigenvalue weighted by Gasteiger charge is 2.55. The van der Waals surface area contributed by atoms with Crippen molar-refractivity contribution in [1.29, 1.82) is 0 Å². The van der Waals surface area contributed by atoms with Crippen LogP contribution in [0.4, 0.5) is 15.9 Å². The van der Waals surface area contributed by atoms with Crippen molar-refractivity contribution in [3.8, 4) is 11.8 Å². The van der Waals surface area contributed by atoms with Crippen LogP contribution in [0.5, 0.6) is 0 Å². The number of benzene rings is 2. The van der Waals surface area contributed by atoms with Gasteiger partial charge in [-0.2, -0.15) is 4.98 Å². The van der Waals surface area contributed by atoms with Gasteiger partial charge in [0.1, 0.15) is 5.82 Å². The molecular weight excluding hydrogens is 511 g/mol. The molecule has 0 spiro atoms. The minimum atomic E-state index is -3.59. The lowest BCUT2D eigenvalue weighted by Crippen LogP contribution is -2.47. The Morgan fingerprint density at radius 3 is 2.69 bits per heavy atom. The summed E-state index contributed by atoms with van der Waals surface area (Å²) in [7, 11) is 0. The molecule has 1 aromatic heterocycles. The van der Waals surface area contributed by atoms with Gasteiger partial charge in [0.15, 0.2) is 12.1 Å². The molecule has 4 heterocycles. The molecule has 39 heavy (non-hydrogen) atoms. The van der Waals surface area contributed by atoms with Gasteiger partial charge in [0.25, 0.3) is 0 Å². The number of aliphatic hydroxyl groups is 5. The molecule has 204 valence electrons. The van der Waals surface area contributed by atoms with Gasteiger partial charge in [-0.1, -0.05) is 24.0 Å². The first kappa shape index (κ1) is 25.8. The van der Waals surface area contributed by atoms with Crippen molar-refractivity contribution in [3.63, 3.8) is 0 Å². The van der Waals surface area contributed by atoms with Gasteiger partial charge in [0.2, 0.25) is 0 Å². The Morgan fingerprint density at radius 2 is 1.95 bits per heavy atom. The van der Waals surface area contributed by atoms with Crippen molar-refractivity contribution in [2.45, 2.75) is 37.4 Å². The zero-order chi connectivity index (χ0) is 27.5. The maximum absolute atomic E-state index is 15.2. The molecule has 3 aromatic rings. The maximum Gasteiger partial charge on any atom is 0.377 e. The van der Waals surface area contributed by atoms with E-state index in [0.717, 1.165) is 25.5 Å². The summed E-state index contributed by atoms with van der Waals surface area (Å²) in [6.07, 6.45) is -3.31. The average molecular weight is 539 g/mol. The monoisotopic (exact) mass is 538 g/mol. The fraction of sp³-hybridized carbons (Fsp3) is 0.407. The molecule has 0 amide bonds. The zero-order valence-electron chi connectivity index (χ0n) is 20.8. The van der Waals surface area contributed by atoms with Crippen LogP contribution < -0.4 is 10.6 Å². The lowest BCUT2D eigenvalue weighted by molar-refractivity contribution is -0.374. The summed E-state index contributed by atoms with van der Waals surface area (Å²) < 4.78 is 21.2. The Hall–Kier alpha value is -3.41. The van der Waals surface area contributed by atoms with Crippen LogP contribution in [0.25, 0.3) is 10.9 Å². The van der Waals surface area contributed by atoms with E-state index in [1.54, 1.807) is 17.0 Å². The van der Waals surface area contributed by atoms with Crippen molar-refractivity contribution in [2.24, 2.45) is 5.92 Å². The van der Waals surface area contributed by atoms with E-state index >= 15 is 4.39 Å². The topological polar surface area (TPSA) is 152 Å². The highest BCUT2D eigenvalue weighted by molar-refractivity contribution is 5.93. The number of halogens is 1. The molecule has 5 N–H and O–H groups in total. The first-order valence-electron chi connectivity index (χ1n) is 12.6. The fourth-order valence-electron chi connectivity index (χ4n) is 6.05. The summed E-state index contributed by atoms with van der Waals surface area (Å²) in [5.74, 6) is 6.27. The van der Waals surface area contributed by atoms with Crippen LogP contribution in [-0.2, 0) is 17.4 Å². The summed E-state index contributed by atoms with van der Waals surface area (Å²) in [6.45, 7) is 1.53. The number of nitrogens with zero attached hydrogens (tertiary/aromatic N) is 4. The van der Waals surface area contributed by atoms with E-state index in [4.69, 9.17) is 4.74 Å². The van der Waals surface area contributed by atoms with E-state index in [-0.39, 0.29) is 47.6 Å². The first-order valence-corrected chi connectivity index (χ1v) is 12.6. The number of anilines is 2. The van der Waals surface area contributed by atoms with Crippen LogP contribution in [0.15, 0.2) is 41.2 Å². The Kier molecular flexibility index (Phi) is 6.20. The van der Waals surface area contributed by atoms with Gasteiger partial charge in [-0.3, -0.25) is 4.90 Å². The smallest absolute Gasteiger partial charge is 0.375 e. The maximum atomic E-state index is 15.2. The number of fused-ring (bicyclic) bond motifs is 3. The molecular formula is C27H27FN4O7. The Balaban J connectivity index is 1.47. The molecule has 12 heteroatoms. The Labute approximate surface area is 221 Å². The molecule has 7 rings (SSSR count). The number of rotatable bonds is 4. The standard InChI is InChI=1S/C27H27FN4O7/c28-19-4-2-6-21-23(19)24(29-25(35)32(21)27(36,37)38)31-9-10-39-15-18-17(3-1-5-20(18)31)7-8-26-11-16(12-26)13-30(26)14-22(33)34/h1-6,16,22,33-34,36-38H,9-15H2. The Bertz CT molecular complexity index is 1570. The third kappa shape index (κ3) is 4.38. The number of ether oxygens (including phenoxy) is 1. The molecule has 3 fully saturated rings. The van der Waals surface area contributed by atoms with Crippen LogP contribution in [0.1, 0.15) is 24.0 Å². The predicted molar refractivity (Wildman–Crippen MR) is 136 cm³/mol. The number of hydrogen-bond acceptors (Lipinski definition) is 10. The molecule has 0 radical (unpaired) electrons. The molecule has 2 bridgehead atoms. The predicted octanol–water partition coefficient (Wildman–Crippen LogP) is -0.125. The molecule has 1 saturated carbocycles. The fourth-order valence-corrected chi connectivity index (χ4v) is 6.05. The SMILES string of the molecule is O=c1nc(N2CCOCc3c(C#CC45CC(CN4CC(O)O)C5)cccc32)c2c(F)cccc2n1C(O)(O)O. The molecule has 4 aliphatic rings. The summed E-state index contributed by atoms with van der Waals surface area (Å²) >= 11 is 0. The zero-order valence-corrected chi connectivity index (χ0v) is 20.8. The van der Waals surface area contributed by atoms with E-state index in [0.29, 0.717) is 22.7 Å². The lowest BCUT2D eigenvalue weighted by atomic mass is 9.73. The van der Waals surface area contributed by atoms with Gasteiger partial charge in [0.05, 0.1) is 36.2 Å². The molecule has 0 atom stereocenters. The van der Waals surface area contributed by atoms with Crippen LogP contribution in [0, 0.1) is 23.6 Å². The normalized spacial score (nSPS) is 22.8. The highest BCUT2D eigenvalue weighted by atomic mass is 19.1. The first-order chi connectivity index (χ1) is 18.6. The van der Waals surface area contributed by atoms with Crippen LogP contribution in [-0.4, -0.2) is 78.1 Å². The van der Waals surface area contributed by atoms with Crippen molar-refractivity contribution in [2.75, 3.05) is 31.1 Å². The second-order valence-corrected chi connectivity index (χ2v) is 10.2. The van der Waals surface area contributed by atoms with Gasteiger partial charge in [-0.25, -0.2) is 13.8 Å². The van der Waals surface area contributed by atoms with Gasteiger partial charge < -0.3 is 35.2 Å². The average Bonchev–Trinajstić information content (AvgIpc) is 3.25. The van der Waals surface area contributed by atoms with Crippen LogP contribution >= 0.6 is 0 Å². The van der Waals surface area contributed by atoms with E-state index in [9.17, 15) is 30.3 Å². The molecule has 1 aliphatic carbocycles. The Morgan fingerprint density at radius 1 is 1.18 bits per heavy atom. The van der Waals surface area contributed by atoms with E-state index in [1.807, 2.05) is 11.0 Å². The van der Waals surface area contributed by atoms with Crippen molar-refractivity contribution >= 4 is 22.4 Å². The number of β-amino-alcohol motifs (C(OH)–C–C–N with tert-alkyl or cyclic N) is 2. The minimum Gasteiger partial charge on any atom is -0.375 e. The molecule has 0 unspecified atom stereocenters.